The number of aromatic carboxylic acids is 1. The molecule has 28 heavy (non-hydrogen) atoms. The number of rotatable bonds is 5. The summed E-state index contributed by atoms with van der Waals surface area (Å²) in [4.78, 5) is 23.3. The predicted octanol–water partition coefficient (Wildman–Crippen LogP) is 5.31. The molecular weight excluding hydrogens is 384 g/mol. The molecule has 0 saturated heterocycles. The number of aryl methyl sites for hydroxylation is 1. The molecule has 1 atom stereocenters. The highest BCUT2D eigenvalue weighted by atomic mass is 35.5. The minimum atomic E-state index is -1.03. The van der Waals surface area contributed by atoms with E-state index in [0.29, 0.717) is 27.7 Å². The zero-order chi connectivity index (χ0) is 20.3. The quantitative estimate of drug-likeness (QED) is 0.601. The first-order valence-electron chi connectivity index (χ1n) is 8.38. The Bertz CT molecular complexity index is 996. The molecule has 0 aliphatic heterocycles. The van der Waals surface area contributed by atoms with Crippen molar-refractivity contribution in [3.63, 3.8) is 0 Å². The first-order valence-corrected chi connectivity index (χ1v) is 8.76. The molecule has 0 saturated carbocycles. The summed E-state index contributed by atoms with van der Waals surface area (Å²) < 4.78 is 10.7. The van der Waals surface area contributed by atoms with Crippen molar-refractivity contribution in [3.8, 4) is 11.3 Å². The van der Waals surface area contributed by atoms with Crippen molar-refractivity contribution in [1.29, 1.82) is 0 Å². The lowest BCUT2D eigenvalue weighted by Gasteiger charge is -2.14. The Morgan fingerprint density at radius 3 is 2.39 bits per heavy atom. The fraction of sp³-hybridized carbons (Fsp3) is 0.150. The molecule has 0 bridgehead atoms. The van der Waals surface area contributed by atoms with E-state index in [1.54, 1.807) is 50.2 Å². The summed E-state index contributed by atoms with van der Waals surface area (Å²) in [5.74, 6) is -0.719. The van der Waals surface area contributed by atoms with Gasteiger partial charge in [-0.25, -0.2) is 9.59 Å². The lowest BCUT2D eigenvalue weighted by atomic mass is 10.1. The molecule has 7 nitrogen and oxygen atoms in total. The van der Waals surface area contributed by atoms with E-state index in [-0.39, 0.29) is 5.56 Å². The number of carboxylic acids is 1. The molecule has 2 N–H and O–H groups in total. The van der Waals surface area contributed by atoms with Gasteiger partial charge in [-0.05, 0) is 43.7 Å². The van der Waals surface area contributed by atoms with E-state index in [2.05, 4.69) is 10.5 Å². The van der Waals surface area contributed by atoms with Gasteiger partial charge in [-0.2, -0.15) is 0 Å². The number of carbonyl (C=O) groups is 2. The number of amides is 1. The lowest BCUT2D eigenvalue weighted by molar-refractivity contribution is 0.0696. The molecular formula is C20H17ClN2O5. The largest absolute Gasteiger partial charge is 0.478 e. The Balaban J connectivity index is 1.75. The monoisotopic (exact) mass is 400 g/mol. The van der Waals surface area contributed by atoms with Crippen LogP contribution in [0.4, 0.5) is 10.5 Å². The number of nitrogens with zero attached hydrogens (tertiary/aromatic N) is 1. The molecule has 8 heteroatoms. The van der Waals surface area contributed by atoms with Crippen molar-refractivity contribution in [3.05, 3.63) is 70.4 Å². The molecule has 0 fully saturated rings. The Morgan fingerprint density at radius 2 is 1.79 bits per heavy atom. The Hall–Kier alpha value is -3.32. The molecule has 0 aliphatic rings. The van der Waals surface area contributed by atoms with E-state index in [0.717, 1.165) is 5.56 Å². The standard InChI is InChI=1S/C20H17ClN2O5/c1-11-17(18(28-23-11)14-3-5-15(6-4-14)19(24)25)22-20(26)27-12(2)13-7-9-16(21)10-8-13/h3-10,12H,1-2H3,(H,22,26)(H,24,25). The topological polar surface area (TPSA) is 102 Å². The minimum absolute atomic E-state index is 0.144. The second-order valence-electron chi connectivity index (χ2n) is 6.08. The summed E-state index contributed by atoms with van der Waals surface area (Å²) in [6, 6.07) is 13.0. The van der Waals surface area contributed by atoms with Gasteiger partial charge in [0.15, 0.2) is 5.76 Å². The zero-order valence-corrected chi connectivity index (χ0v) is 15.9. The highest BCUT2D eigenvalue weighted by Crippen LogP contribution is 2.31. The summed E-state index contributed by atoms with van der Waals surface area (Å²) in [6.45, 7) is 3.42. The van der Waals surface area contributed by atoms with Crippen LogP contribution in [0.2, 0.25) is 5.02 Å². The summed E-state index contributed by atoms with van der Waals surface area (Å²) >= 11 is 5.87. The highest BCUT2D eigenvalue weighted by molar-refractivity contribution is 6.30. The van der Waals surface area contributed by atoms with Gasteiger partial charge < -0.3 is 14.4 Å². The highest BCUT2D eigenvalue weighted by Gasteiger charge is 2.20. The van der Waals surface area contributed by atoms with Crippen molar-refractivity contribution in [2.45, 2.75) is 20.0 Å². The number of anilines is 1. The molecule has 0 aliphatic carbocycles. The molecule has 3 aromatic rings. The first kappa shape index (κ1) is 19.4. The molecule has 2 aromatic carbocycles. The number of benzene rings is 2. The first-order chi connectivity index (χ1) is 13.3. The third-order valence-electron chi connectivity index (χ3n) is 4.11. The normalized spacial score (nSPS) is 11.7. The number of carbonyl (C=O) groups excluding carboxylic acids is 1. The number of aromatic nitrogens is 1. The predicted molar refractivity (Wildman–Crippen MR) is 104 cm³/mol. The van der Waals surface area contributed by atoms with Crippen LogP contribution in [-0.2, 0) is 4.74 Å². The number of hydrogen-bond acceptors (Lipinski definition) is 5. The molecule has 144 valence electrons. The van der Waals surface area contributed by atoms with E-state index in [4.69, 9.17) is 26.0 Å². The van der Waals surface area contributed by atoms with Crippen molar-refractivity contribution >= 4 is 29.4 Å². The lowest BCUT2D eigenvalue weighted by Crippen LogP contribution is -2.16. The van der Waals surface area contributed by atoms with Crippen LogP contribution in [0, 0.1) is 6.92 Å². The van der Waals surface area contributed by atoms with Gasteiger partial charge in [0.2, 0.25) is 0 Å². The second kappa shape index (κ2) is 8.14. The van der Waals surface area contributed by atoms with Crippen molar-refractivity contribution in [2.75, 3.05) is 5.32 Å². The van der Waals surface area contributed by atoms with E-state index < -0.39 is 18.2 Å². The molecule has 0 spiro atoms. The Kier molecular flexibility index (Phi) is 5.65. The van der Waals surface area contributed by atoms with E-state index in [9.17, 15) is 9.59 Å². The molecule has 0 radical (unpaired) electrons. The van der Waals surface area contributed by atoms with E-state index >= 15 is 0 Å². The number of hydrogen-bond donors (Lipinski definition) is 2. The van der Waals surface area contributed by atoms with Gasteiger partial charge in [-0.3, -0.25) is 5.32 Å². The Labute approximate surface area is 165 Å². The summed E-state index contributed by atoms with van der Waals surface area (Å²) in [6.07, 6.45) is -1.16. The molecule has 1 heterocycles. The smallest absolute Gasteiger partial charge is 0.412 e. The van der Waals surface area contributed by atoms with Gasteiger partial charge in [0.05, 0.1) is 5.56 Å². The average molecular weight is 401 g/mol. The van der Waals surface area contributed by atoms with Gasteiger partial charge in [-0.15, -0.1) is 0 Å². The van der Waals surface area contributed by atoms with Crippen LogP contribution in [-0.4, -0.2) is 22.3 Å². The molecule has 3 rings (SSSR count). The van der Waals surface area contributed by atoms with E-state index in [1.807, 2.05) is 0 Å². The fourth-order valence-electron chi connectivity index (χ4n) is 2.57. The van der Waals surface area contributed by atoms with Crippen LogP contribution < -0.4 is 5.32 Å². The number of nitrogens with one attached hydrogen (secondary N) is 1. The maximum Gasteiger partial charge on any atom is 0.412 e. The van der Waals surface area contributed by atoms with Crippen LogP contribution in [0.3, 0.4) is 0 Å². The van der Waals surface area contributed by atoms with Crippen molar-refractivity contribution < 1.29 is 24.0 Å². The number of halogens is 1. The van der Waals surface area contributed by atoms with Crippen LogP contribution in [0.5, 0.6) is 0 Å². The fourth-order valence-corrected chi connectivity index (χ4v) is 2.70. The maximum absolute atomic E-state index is 12.3. The van der Waals surface area contributed by atoms with Crippen molar-refractivity contribution in [1.82, 2.24) is 5.16 Å². The van der Waals surface area contributed by atoms with Crippen molar-refractivity contribution in [2.24, 2.45) is 0 Å². The van der Waals surface area contributed by atoms with Gasteiger partial charge >= 0.3 is 12.1 Å². The third kappa shape index (κ3) is 4.32. The summed E-state index contributed by atoms with van der Waals surface area (Å²) in [5.41, 5.74) is 2.34. The number of ether oxygens (including phenoxy) is 1. The third-order valence-corrected chi connectivity index (χ3v) is 4.36. The second-order valence-corrected chi connectivity index (χ2v) is 6.52. The Morgan fingerprint density at radius 1 is 1.14 bits per heavy atom. The van der Waals surface area contributed by atoms with Crippen LogP contribution >= 0.6 is 11.6 Å². The van der Waals surface area contributed by atoms with Crippen LogP contribution in [0.15, 0.2) is 53.1 Å². The summed E-state index contributed by atoms with van der Waals surface area (Å²) in [7, 11) is 0. The number of carboxylic acid groups (broad SMARTS) is 1. The van der Waals surface area contributed by atoms with Gasteiger partial charge in [-0.1, -0.05) is 41.0 Å². The van der Waals surface area contributed by atoms with Crippen LogP contribution in [0.1, 0.15) is 34.6 Å². The maximum atomic E-state index is 12.3. The SMILES string of the molecule is Cc1noc(-c2ccc(C(=O)O)cc2)c1NC(=O)OC(C)c1ccc(Cl)cc1. The average Bonchev–Trinajstić information content (AvgIpc) is 3.02. The van der Waals surface area contributed by atoms with Crippen LogP contribution in [0.25, 0.3) is 11.3 Å². The molecule has 1 amide bonds. The minimum Gasteiger partial charge on any atom is -0.478 e. The van der Waals surface area contributed by atoms with Gasteiger partial charge in [0.1, 0.15) is 17.5 Å². The van der Waals surface area contributed by atoms with Gasteiger partial charge in [0, 0.05) is 10.6 Å². The molecule has 1 unspecified atom stereocenters. The van der Waals surface area contributed by atoms with E-state index in [1.165, 1.54) is 12.1 Å². The zero-order valence-electron chi connectivity index (χ0n) is 15.1. The van der Waals surface area contributed by atoms with Gasteiger partial charge in [0.25, 0.3) is 0 Å². The summed E-state index contributed by atoms with van der Waals surface area (Å²) in [5, 5.41) is 16.1. The molecule has 1 aromatic heterocycles.